The molecule has 1 aliphatic heterocycles. The van der Waals surface area contributed by atoms with Crippen LogP contribution in [0.15, 0.2) is 41.4 Å². The van der Waals surface area contributed by atoms with E-state index in [1.54, 1.807) is 24.3 Å². The van der Waals surface area contributed by atoms with Gasteiger partial charge in [-0.25, -0.2) is 0 Å². The van der Waals surface area contributed by atoms with Gasteiger partial charge in [-0.2, -0.15) is 4.99 Å². The number of thiazole rings is 1. The molecule has 2 aromatic carbocycles. The van der Waals surface area contributed by atoms with Gasteiger partial charge in [0.15, 0.2) is 16.3 Å². The SMILES string of the molecule is C#CCn1c(=NC(=O)c2ccc(OCCCC)cc2)sc2cc3c(cc21)OCCO3. The predicted molar refractivity (Wildman–Crippen MR) is 116 cm³/mol. The fraction of sp³-hybridized carbons (Fsp3) is 0.304. The number of benzene rings is 2. The Kier molecular flexibility index (Phi) is 6.05. The van der Waals surface area contributed by atoms with Crippen LogP contribution in [0.5, 0.6) is 17.2 Å². The summed E-state index contributed by atoms with van der Waals surface area (Å²) in [5, 5.41) is 0. The average Bonchev–Trinajstić information content (AvgIpc) is 3.09. The van der Waals surface area contributed by atoms with Crippen molar-refractivity contribution in [1.29, 1.82) is 0 Å². The van der Waals surface area contributed by atoms with Crippen LogP contribution in [0.25, 0.3) is 10.2 Å². The van der Waals surface area contributed by atoms with E-state index in [0.29, 0.717) is 48.2 Å². The molecule has 1 aliphatic rings. The lowest BCUT2D eigenvalue weighted by Gasteiger charge is -2.18. The molecule has 0 aliphatic carbocycles. The Labute approximate surface area is 178 Å². The van der Waals surface area contributed by atoms with Crippen molar-refractivity contribution in [2.75, 3.05) is 19.8 Å². The molecule has 1 aromatic heterocycles. The number of hydrogen-bond donors (Lipinski definition) is 0. The Bertz CT molecular complexity index is 1170. The predicted octanol–water partition coefficient (Wildman–Crippen LogP) is 4.03. The maximum Gasteiger partial charge on any atom is 0.279 e. The maximum absolute atomic E-state index is 12.8. The van der Waals surface area contributed by atoms with Crippen LogP contribution in [0.2, 0.25) is 0 Å². The van der Waals surface area contributed by atoms with Crippen LogP contribution < -0.4 is 19.0 Å². The highest BCUT2D eigenvalue weighted by Gasteiger charge is 2.16. The highest BCUT2D eigenvalue weighted by atomic mass is 32.1. The molecule has 0 spiro atoms. The van der Waals surface area contributed by atoms with Gasteiger partial charge in [-0.1, -0.05) is 30.6 Å². The Hall–Kier alpha value is -3.24. The zero-order valence-electron chi connectivity index (χ0n) is 16.7. The number of fused-ring (bicyclic) bond motifs is 2. The highest BCUT2D eigenvalue weighted by molar-refractivity contribution is 7.16. The molecule has 0 radical (unpaired) electrons. The van der Waals surface area contributed by atoms with Crippen LogP contribution in [0.1, 0.15) is 30.1 Å². The van der Waals surface area contributed by atoms with Crippen molar-refractivity contribution in [2.45, 2.75) is 26.3 Å². The third-order valence-electron chi connectivity index (χ3n) is 4.66. The lowest BCUT2D eigenvalue weighted by Crippen LogP contribution is -2.17. The third-order valence-corrected chi connectivity index (χ3v) is 5.70. The van der Waals surface area contributed by atoms with Gasteiger partial charge in [0.2, 0.25) is 0 Å². The standard InChI is InChI=1S/C23H22N2O4S/c1-3-5-11-27-17-8-6-16(7-9-17)22(26)24-23-25(10-4-2)18-14-19-20(15-21(18)30-23)29-13-12-28-19/h2,6-9,14-15H,3,5,10-13H2,1H3. The average molecular weight is 423 g/mol. The number of carbonyl (C=O) groups is 1. The van der Waals surface area contributed by atoms with Gasteiger partial charge in [0, 0.05) is 17.7 Å². The second-order valence-electron chi connectivity index (χ2n) is 6.78. The van der Waals surface area contributed by atoms with Crippen molar-refractivity contribution in [3.8, 4) is 29.6 Å². The van der Waals surface area contributed by atoms with Gasteiger partial charge in [-0.3, -0.25) is 4.79 Å². The second-order valence-corrected chi connectivity index (χ2v) is 7.79. The maximum atomic E-state index is 12.8. The number of hydrogen-bond acceptors (Lipinski definition) is 5. The molecular formula is C23H22N2O4S. The fourth-order valence-electron chi connectivity index (χ4n) is 3.12. The van der Waals surface area contributed by atoms with Gasteiger partial charge in [0.05, 0.1) is 23.4 Å². The summed E-state index contributed by atoms with van der Waals surface area (Å²) in [6.07, 6.45) is 7.63. The zero-order valence-corrected chi connectivity index (χ0v) is 17.5. The molecule has 2 heterocycles. The van der Waals surface area contributed by atoms with Crippen molar-refractivity contribution in [3.05, 3.63) is 46.8 Å². The molecule has 0 bridgehead atoms. The number of terminal acetylenes is 1. The molecule has 0 atom stereocenters. The number of aromatic nitrogens is 1. The third kappa shape index (κ3) is 4.19. The molecule has 1 amide bonds. The van der Waals surface area contributed by atoms with E-state index in [4.69, 9.17) is 20.6 Å². The Morgan fingerprint density at radius 1 is 1.23 bits per heavy atom. The number of ether oxygens (including phenoxy) is 3. The molecule has 6 nitrogen and oxygen atoms in total. The summed E-state index contributed by atoms with van der Waals surface area (Å²) in [7, 11) is 0. The van der Waals surface area contributed by atoms with E-state index in [1.807, 2.05) is 16.7 Å². The van der Waals surface area contributed by atoms with Crippen molar-refractivity contribution < 1.29 is 19.0 Å². The molecule has 0 unspecified atom stereocenters. The molecule has 154 valence electrons. The quantitative estimate of drug-likeness (QED) is 0.445. The first-order valence-corrected chi connectivity index (χ1v) is 10.7. The number of unbranched alkanes of at least 4 members (excludes halogenated alkanes) is 1. The molecule has 4 rings (SSSR count). The first kappa shape index (κ1) is 20.0. The Balaban J connectivity index is 1.66. The van der Waals surface area contributed by atoms with E-state index in [-0.39, 0.29) is 5.91 Å². The minimum absolute atomic E-state index is 0.302. The minimum Gasteiger partial charge on any atom is -0.494 e. The van der Waals surface area contributed by atoms with E-state index < -0.39 is 0 Å². The van der Waals surface area contributed by atoms with E-state index in [1.165, 1.54) is 11.3 Å². The summed E-state index contributed by atoms with van der Waals surface area (Å²) in [6.45, 7) is 4.10. The van der Waals surface area contributed by atoms with Gasteiger partial charge in [0.1, 0.15) is 19.0 Å². The van der Waals surface area contributed by atoms with Crippen LogP contribution in [0.3, 0.4) is 0 Å². The van der Waals surface area contributed by atoms with E-state index in [0.717, 1.165) is 28.8 Å². The number of amides is 1. The van der Waals surface area contributed by atoms with Crippen LogP contribution in [-0.2, 0) is 6.54 Å². The summed E-state index contributed by atoms with van der Waals surface area (Å²) in [6, 6.07) is 10.8. The number of rotatable bonds is 6. The van der Waals surface area contributed by atoms with Crippen molar-refractivity contribution in [1.82, 2.24) is 4.57 Å². The van der Waals surface area contributed by atoms with E-state index >= 15 is 0 Å². The van der Waals surface area contributed by atoms with Gasteiger partial charge >= 0.3 is 0 Å². The highest BCUT2D eigenvalue weighted by Crippen LogP contribution is 2.35. The smallest absolute Gasteiger partial charge is 0.279 e. The lowest BCUT2D eigenvalue weighted by atomic mass is 10.2. The van der Waals surface area contributed by atoms with Crippen molar-refractivity contribution in [3.63, 3.8) is 0 Å². The van der Waals surface area contributed by atoms with Crippen molar-refractivity contribution in [2.24, 2.45) is 4.99 Å². The van der Waals surface area contributed by atoms with Crippen LogP contribution in [0.4, 0.5) is 0 Å². The van der Waals surface area contributed by atoms with E-state index in [9.17, 15) is 4.79 Å². The summed E-state index contributed by atoms with van der Waals surface area (Å²) < 4.78 is 19.8. The largest absolute Gasteiger partial charge is 0.494 e. The molecule has 0 saturated carbocycles. The molecular weight excluding hydrogens is 400 g/mol. The second kappa shape index (κ2) is 9.06. The summed E-state index contributed by atoms with van der Waals surface area (Å²) in [4.78, 5) is 17.6. The monoisotopic (exact) mass is 422 g/mol. The van der Waals surface area contributed by atoms with Gasteiger partial charge in [-0.15, -0.1) is 6.42 Å². The zero-order chi connectivity index (χ0) is 20.9. The molecule has 7 heteroatoms. The van der Waals surface area contributed by atoms with Gasteiger partial charge in [-0.05, 0) is 30.7 Å². The lowest BCUT2D eigenvalue weighted by molar-refractivity contribution is 0.0998. The van der Waals surface area contributed by atoms with Crippen LogP contribution in [-0.4, -0.2) is 30.3 Å². The van der Waals surface area contributed by atoms with Gasteiger partial charge < -0.3 is 18.8 Å². The molecule has 0 saturated heterocycles. The molecule has 0 fully saturated rings. The first-order valence-electron chi connectivity index (χ1n) is 9.88. The molecule has 0 N–H and O–H groups in total. The molecule has 30 heavy (non-hydrogen) atoms. The summed E-state index contributed by atoms with van der Waals surface area (Å²) in [5.74, 6) is 4.42. The van der Waals surface area contributed by atoms with Crippen molar-refractivity contribution >= 4 is 27.5 Å². The fourth-order valence-corrected chi connectivity index (χ4v) is 4.15. The normalized spacial score (nSPS) is 13.3. The minimum atomic E-state index is -0.329. The summed E-state index contributed by atoms with van der Waals surface area (Å²) >= 11 is 1.40. The Morgan fingerprint density at radius 3 is 2.67 bits per heavy atom. The van der Waals surface area contributed by atoms with E-state index in [2.05, 4.69) is 17.8 Å². The Morgan fingerprint density at radius 2 is 1.97 bits per heavy atom. The topological polar surface area (TPSA) is 62.1 Å². The van der Waals surface area contributed by atoms with Crippen LogP contribution in [0, 0.1) is 12.3 Å². The summed E-state index contributed by atoms with van der Waals surface area (Å²) in [5.41, 5.74) is 1.36. The molecule has 3 aromatic rings. The van der Waals surface area contributed by atoms with Crippen LogP contribution >= 0.6 is 11.3 Å². The number of nitrogens with zero attached hydrogens (tertiary/aromatic N) is 2. The number of carbonyl (C=O) groups excluding carboxylic acids is 1. The first-order chi connectivity index (χ1) is 14.7. The van der Waals surface area contributed by atoms with Gasteiger partial charge in [0.25, 0.3) is 5.91 Å².